The molecule has 3 nitrogen and oxygen atoms in total. The third kappa shape index (κ3) is 2.88. The van der Waals surface area contributed by atoms with Gasteiger partial charge in [0.1, 0.15) is 11.6 Å². The summed E-state index contributed by atoms with van der Waals surface area (Å²) in [4.78, 5) is 13.2. The van der Waals surface area contributed by atoms with Crippen LogP contribution in [0.4, 0.5) is 8.78 Å². The van der Waals surface area contributed by atoms with Gasteiger partial charge in [0, 0.05) is 26.8 Å². The predicted molar refractivity (Wildman–Crippen MR) is 117 cm³/mol. The van der Waals surface area contributed by atoms with Gasteiger partial charge in [0.05, 0.1) is 17.6 Å². The van der Waals surface area contributed by atoms with E-state index in [9.17, 15) is 13.6 Å². The number of nitrogens with zero attached hydrogens (tertiary/aromatic N) is 1. The van der Waals surface area contributed by atoms with Crippen LogP contribution in [0, 0.1) is 11.6 Å². The molecule has 0 saturated heterocycles. The van der Waals surface area contributed by atoms with Crippen molar-refractivity contribution in [1.82, 2.24) is 4.57 Å². The number of amides is 1. The van der Waals surface area contributed by atoms with Gasteiger partial charge in [0.15, 0.2) is 0 Å². The quantitative estimate of drug-likeness (QED) is 0.385. The second kappa shape index (κ2) is 7.07. The highest BCUT2D eigenvalue weighted by molar-refractivity contribution is 7.13. The highest BCUT2D eigenvalue weighted by atomic mass is 32.1. The van der Waals surface area contributed by atoms with Crippen LogP contribution in [0.5, 0.6) is 0 Å². The highest BCUT2D eigenvalue weighted by Crippen LogP contribution is 2.36. The molecule has 0 unspecified atom stereocenters. The largest absolute Gasteiger partial charge is 0.366 e. The lowest BCUT2D eigenvalue weighted by molar-refractivity contribution is 0.100. The maximum absolute atomic E-state index is 14.4. The van der Waals surface area contributed by atoms with Crippen molar-refractivity contribution in [3.8, 4) is 10.4 Å². The Bertz CT molecular complexity index is 1400. The average Bonchev–Trinajstić information content (AvgIpc) is 3.37. The molecule has 6 heteroatoms. The number of nitrogens with two attached hydrogens (primary N) is 1. The Labute approximate surface area is 175 Å². The van der Waals surface area contributed by atoms with Gasteiger partial charge in [0.25, 0.3) is 0 Å². The minimum absolute atomic E-state index is 0.00534. The van der Waals surface area contributed by atoms with Crippen molar-refractivity contribution < 1.29 is 13.6 Å². The Morgan fingerprint density at radius 2 is 1.70 bits per heavy atom. The minimum atomic E-state index is -0.606. The monoisotopic (exact) mass is 418 g/mol. The fourth-order valence-electron chi connectivity index (χ4n) is 3.96. The van der Waals surface area contributed by atoms with Crippen molar-refractivity contribution in [1.29, 1.82) is 0 Å². The molecule has 0 aliphatic rings. The third-order valence-electron chi connectivity index (χ3n) is 5.34. The van der Waals surface area contributed by atoms with Crippen LogP contribution in [0.25, 0.3) is 32.2 Å². The van der Waals surface area contributed by atoms with Crippen molar-refractivity contribution in [3.63, 3.8) is 0 Å². The zero-order chi connectivity index (χ0) is 20.8. The molecule has 5 rings (SSSR count). The molecular formula is C24H16F2N2OS. The highest BCUT2D eigenvalue weighted by Gasteiger charge is 2.19. The normalized spacial score (nSPS) is 11.4. The maximum Gasteiger partial charge on any atom is 0.249 e. The van der Waals surface area contributed by atoms with Gasteiger partial charge in [-0.3, -0.25) is 4.79 Å². The van der Waals surface area contributed by atoms with Crippen LogP contribution < -0.4 is 5.73 Å². The summed E-state index contributed by atoms with van der Waals surface area (Å²) in [5, 5.41) is 3.50. The fraction of sp³-hybridized carbons (Fsp3) is 0.0417. The van der Waals surface area contributed by atoms with E-state index in [2.05, 4.69) is 0 Å². The van der Waals surface area contributed by atoms with E-state index < -0.39 is 17.5 Å². The van der Waals surface area contributed by atoms with Crippen molar-refractivity contribution >= 4 is 39.0 Å². The third-order valence-corrected chi connectivity index (χ3v) is 6.26. The number of fused-ring (bicyclic) bond motifs is 3. The van der Waals surface area contributed by atoms with Gasteiger partial charge in [-0.15, -0.1) is 11.3 Å². The van der Waals surface area contributed by atoms with Crippen LogP contribution in [0.2, 0.25) is 0 Å². The molecule has 0 spiro atoms. The summed E-state index contributed by atoms with van der Waals surface area (Å²) >= 11 is 1.61. The number of halogens is 2. The minimum Gasteiger partial charge on any atom is -0.366 e. The van der Waals surface area contributed by atoms with Gasteiger partial charge in [-0.25, -0.2) is 8.78 Å². The molecule has 2 N–H and O–H groups in total. The molecule has 0 fully saturated rings. The molecule has 0 atom stereocenters. The lowest BCUT2D eigenvalue weighted by Gasteiger charge is -2.10. The molecule has 2 heterocycles. The number of benzene rings is 3. The van der Waals surface area contributed by atoms with Crippen molar-refractivity contribution in [2.75, 3.05) is 0 Å². The van der Waals surface area contributed by atoms with E-state index in [-0.39, 0.29) is 12.1 Å². The first-order valence-corrected chi connectivity index (χ1v) is 10.2. The molecule has 0 aliphatic carbocycles. The smallest absolute Gasteiger partial charge is 0.249 e. The Morgan fingerprint density at radius 3 is 2.40 bits per heavy atom. The maximum atomic E-state index is 14.4. The number of thiophene rings is 1. The number of aromatic nitrogens is 1. The standard InChI is InChI=1S/C24H16F2N2OS/c25-18-5-2-6-19(26)17(18)13-28-20-7-1-4-16(24(27)29)23(20)15-10-9-14(12-21(15)28)22-8-3-11-30-22/h1-12H,13H2,(H2,27,29). The van der Waals surface area contributed by atoms with Gasteiger partial charge in [-0.05, 0) is 47.3 Å². The summed E-state index contributed by atoms with van der Waals surface area (Å²) in [6.45, 7) is -0.00534. The Morgan fingerprint density at radius 1 is 0.933 bits per heavy atom. The number of carbonyl (C=O) groups excluding carboxylic acids is 1. The fourth-order valence-corrected chi connectivity index (χ4v) is 4.68. The first-order chi connectivity index (χ1) is 14.5. The van der Waals surface area contributed by atoms with Gasteiger partial charge in [0.2, 0.25) is 5.91 Å². The van der Waals surface area contributed by atoms with E-state index in [4.69, 9.17) is 5.73 Å². The lowest BCUT2D eigenvalue weighted by atomic mass is 10.0. The number of rotatable bonds is 4. The van der Waals surface area contributed by atoms with Gasteiger partial charge in [-0.1, -0.05) is 30.3 Å². The summed E-state index contributed by atoms with van der Waals surface area (Å²) in [6.07, 6.45) is 0. The van der Waals surface area contributed by atoms with E-state index in [0.717, 1.165) is 21.3 Å². The van der Waals surface area contributed by atoms with Crippen molar-refractivity contribution in [2.24, 2.45) is 5.73 Å². The Balaban J connectivity index is 1.85. The van der Waals surface area contributed by atoms with Crippen LogP contribution in [0.15, 0.2) is 72.1 Å². The first kappa shape index (κ1) is 18.5. The SMILES string of the molecule is NC(=O)c1cccc2c1c1ccc(-c3cccs3)cc1n2Cc1c(F)cccc1F. The number of primary amides is 1. The van der Waals surface area contributed by atoms with Crippen molar-refractivity contribution in [2.45, 2.75) is 6.54 Å². The zero-order valence-electron chi connectivity index (χ0n) is 15.7. The molecule has 2 aromatic heterocycles. The molecule has 5 aromatic rings. The topological polar surface area (TPSA) is 48.0 Å². The Kier molecular flexibility index (Phi) is 4.37. The summed E-state index contributed by atoms with van der Waals surface area (Å²) in [7, 11) is 0. The first-order valence-electron chi connectivity index (χ1n) is 9.36. The molecule has 0 radical (unpaired) electrons. The van der Waals surface area contributed by atoms with E-state index in [1.165, 1.54) is 18.2 Å². The summed E-state index contributed by atoms with van der Waals surface area (Å²) in [6, 6.07) is 19.0. The molecule has 0 saturated carbocycles. The lowest BCUT2D eigenvalue weighted by Crippen LogP contribution is -2.11. The second-order valence-corrected chi connectivity index (χ2v) is 8.01. The number of hydrogen-bond acceptors (Lipinski definition) is 2. The van der Waals surface area contributed by atoms with Gasteiger partial charge in [-0.2, -0.15) is 0 Å². The molecule has 30 heavy (non-hydrogen) atoms. The summed E-state index contributed by atoms with van der Waals surface area (Å²) in [5.74, 6) is -1.75. The van der Waals surface area contributed by atoms with E-state index in [1.807, 2.05) is 46.3 Å². The van der Waals surface area contributed by atoms with Gasteiger partial charge >= 0.3 is 0 Å². The van der Waals surface area contributed by atoms with E-state index >= 15 is 0 Å². The Hall–Kier alpha value is -3.51. The van der Waals surface area contributed by atoms with E-state index in [0.29, 0.717) is 16.5 Å². The number of hydrogen-bond donors (Lipinski definition) is 1. The summed E-state index contributed by atoms with van der Waals surface area (Å²) in [5.41, 5.74) is 8.46. The van der Waals surface area contributed by atoms with Crippen LogP contribution in [-0.2, 0) is 6.54 Å². The van der Waals surface area contributed by atoms with Crippen LogP contribution in [0.1, 0.15) is 15.9 Å². The summed E-state index contributed by atoms with van der Waals surface area (Å²) < 4.78 is 30.7. The van der Waals surface area contributed by atoms with Crippen LogP contribution in [0.3, 0.4) is 0 Å². The van der Waals surface area contributed by atoms with Gasteiger partial charge < -0.3 is 10.3 Å². The molecular weight excluding hydrogens is 402 g/mol. The molecule has 0 bridgehead atoms. The van der Waals surface area contributed by atoms with Crippen molar-refractivity contribution in [3.05, 3.63) is 94.9 Å². The van der Waals surface area contributed by atoms with Crippen LogP contribution in [-0.4, -0.2) is 10.5 Å². The molecule has 3 aromatic carbocycles. The zero-order valence-corrected chi connectivity index (χ0v) is 16.5. The molecule has 148 valence electrons. The molecule has 0 aliphatic heterocycles. The van der Waals surface area contributed by atoms with Crippen LogP contribution >= 0.6 is 11.3 Å². The average molecular weight is 418 g/mol. The van der Waals surface area contributed by atoms with E-state index in [1.54, 1.807) is 23.5 Å². The number of carbonyl (C=O) groups is 1. The second-order valence-electron chi connectivity index (χ2n) is 7.06. The molecule has 1 amide bonds. The predicted octanol–water partition coefficient (Wildman–Crippen LogP) is 5.95.